The van der Waals surface area contributed by atoms with Crippen molar-refractivity contribution >= 4 is 40.1 Å². The summed E-state index contributed by atoms with van der Waals surface area (Å²) in [6, 6.07) is 13.1. The van der Waals surface area contributed by atoms with E-state index in [0.29, 0.717) is 24.5 Å². The summed E-state index contributed by atoms with van der Waals surface area (Å²) >= 11 is 6.26. The Morgan fingerprint density at radius 3 is 2.86 bits per heavy atom. The molecule has 29 heavy (non-hydrogen) atoms. The van der Waals surface area contributed by atoms with E-state index in [2.05, 4.69) is 10.3 Å². The smallest absolute Gasteiger partial charge is 0.318 e. The summed E-state index contributed by atoms with van der Waals surface area (Å²) in [4.78, 5) is 33.7. The van der Waals surface area contributed by atoms with Crippen molar-refractivity contribution in [2.24, 2.45) is 0 Å². The number of aromatic nitrogens is 1. The number of para-hydroxylation sites is 1. The molecule has 0 saturated carbocycles. The number of hydrogen-bond acceptors (Lipinski definition) is 2. The molecule has 5 rings (SSSR count). The molecule has 1 aromatic heterocycles. The van der Waals surface area contributed by atoms with Crippen molar-refractivity contribution in [3.8, 4) is 0 Å². The Morgan fingerprint density at radius 2 is 2.07 bits per heavy atom. The number of H-pyrrole nitrogens is 1. The second kappa shape index (κ2) is 6.26. The van der Waals surface area contributed by atoms with E-state index in [-0.39, 0.29) is 11.9 Å². The average molecular weight is 409 g/mol. The Labute approximate surface area is 173 Å². The maximum absolute atomic E-state index is 13.8. The van der Waals surface area contributed by atoms with E-state index in [4.69, 9.17) is 11.6 Å². The van der Waals surface area contributed by atoms with Gasteiger partial charge in [-0.3, -0.25) is 4.79 Å². The topological polar surface area (TPSA) is 68.4 Å². The molecule has 6 nitrogen and oxygen atoms in total. The number of halogens is 1. The van der Waals surface area contributed by atoms with Crippen LogP contribution in [0.5, 0.6) is 0 Å². The van der Waals surface area contributed by atoms with E-state index < -0.39 is 5.54 Å². The highest BCUT2D eigenvalue weighted by molar-refractivity contribution is 6.31. The summed E-state index contributed by atoms with van der Waals surface area (Å²) in [6.45, 7) is 2.81. The number of fused-ring (bicyclic) bond motifs is 6. The maximum Gasteiger partial charge on any atom is 0.318 e. The summed E-state index contributed by atoms with van der Waals surface area (Å²) in [5.41, 5.74) is 3.13. The van der Waals surface area contributed by atoms with Crippen LogP contribution in [0.4, 0.5) is 10.5 Å². The molecule has 0 unspecified atom stereocenters. The van der Waals surface area contributed by atoms with Gasteiger partial charge in [-0.05, 0) is 43.2 Å². The van der Waals surface area contributed by atoms with Crippen molar-refractivity contribution in [1.29, 1.82) is 0 Å². The predicted molar refractivity (Wildman–Crippen MR) is 113 cm³/mol. The Bertz CT molecular complexity index is 1170. The number of rotatable bonds is 1. The third-order valence-electron chi connectivity index (χ3n) is 6.06. The van der Waals surface area contributed by atoms with Crippen LogP contribution in [-0.2, 0) is 16.8 Å². The van der Waals surface area contributed by atoms with E-state index in [1.807, 2.05) is 49.4 Å². The average Bonchev–Trinajstić information content (AvgIpc) is 3.19. The number of hydrogen-bond donors (Lipinski definition) is 2. The van der Waals surface area contributed by atoms with Crippen molar-refractivity contribution < 1.29 is 9.59 Å². The van der Waals surface area contributed by atoms with Gasteiger partial charge in [-0.1, -0.05) is 29.8 Å². The molecule has 0 aliphatic carbocycles. The van der Waals surface area contributed by atoms with E-state index in [0.717, 1.165) is 33.4 Å². The first kappa shape index (κ1) is 18.1. The molecule has 0 radical (unpaired) electrons. The first-order valence-corrected chi connectivity index (χ1v) is 10.1. The van der Waals surface area contributed by atoms with Gasteiger partial charge in [-0.25, -0.2) is 4.79 Å². The van der Waals surface area contributed by atoms with Crippen LogP contribution in [0.25, 0.3) is 10.9 Å². The minimum absolute atomic E-state index is 0.136. The molecule has 2 aromatic carbocycles. The molecule has 2 aliphatic heterocycles. The van der Waals surface area contributed by atoms with E-state index in [1.54, 1.807) is 16.8 Å². The standard InChI is InChI=1S/C22H21ClN4O2/c1-3-24-21(29)27-11-10-14-15-12-13(23)8-9-17(15)25-19(14)22(27)16-6-4-5-7-18(16)26(2)20(22)28/h4-9,12,25H,3,10-11H2,1-2H3,(H,24,29)/t22-/m1/s1. The molecular formula is C22H21ClN4O2. The van der Waals surface area contributed by atoms with Gasteiger partial charge < -0.3 is 20.1 Å². The van der Waals surface area contributed by atoms with Crippen LogP contribution in [0, 0.1) is 0 Å². The molecule has 2 aliphatic rings. The second-order valence-corrected chi connectivity index (χ2v) is 7.93. The molecule has 2 N–H and O–H groups in total. The molecule has 0 fully saturated rings. The lowest BCUT2D eigenvalue weighted by Gasteiger charge is -2.43. The number of carbonyl (C=O) groups excluding carboxylic acids is 2. The van der Waals surface area contributed by atoms with Crippen molar-refractivity contribution in [1.82, 2.24) is 15.2 Å². The minimum atomic E-state index is -1.22. The highest BCUT2D eigenvalue weighted by Crippen LogP contribution is 2.51. The first-order chi connectivity index (χ1) is 14.0. The summed E-state index contributed by atoms with van der Waals surface area (Å²) < 4.78 is 0. The van der Waals surface area contributed by atoms with Crippen molar-refractivity contribution in [2.75, 3.05) is 25.0 Å². The van der Waals surface area contributed by atoms with Gasteiger partial charge in [0.05, 0.1) is 5.69 Å². The molecule has 7 heteroatoms. The Kier molecular flexibility index (Phi) is 3.90. The number of urea groups is 1. The lowest BCUT2D eigenvalue weighted by molar-refractivity contribution is -0.126. The third-order valence-corrected chi connectivity index (χ3v) is 6.30. The van der Waals surface area contributed by atoms with Gasteiger partial charge in [0, 0.05) is 47.3 Å². The van der Waals surface area contributed by atoms with Crippen LogP contribution < -0.4 is 10.2 Å². The van der Waals surface area contributed by atoms with Gasteiger partial charge >= 0.3 is 6.03 Å². The second-order valence-electron chi connectivity index (χ2n) is 7.50. The maximum atomic E-state index is 13.8. The van der Waals surface area contributed by atoms with E-state index in [1.165, 1.54) is 0 Å². The highest BCUT2D eigenvalue weighted by atomic mass is 35.5. The molecule has 3 aromatic rings. The molecule has 0 bridgehead atoms. The minimum Gasteiger partial charge on any atom is -0.355 e. The zero-order valence-corrected chi connectivity index (χ0v) is 17.0. The normalized spacial score (nSPS) is 20.3. The number of nitrogens with one attached hydrogen (secondary N) is 2. The van der Waals surface area contributed by atoms with Gasteiger partial charge in [0.1, 0.15) is 0 Å². The van der Waals surface area contributed by atoms with Crippen molar-refractivity contribution in [3.05, 3.63) is 64.3 Å². The molecule has 3 amide bonds. The van der Waals surface area contributed by atoms with E-state index in [9.17, 15) is 9.59 Å². The molecule has 3 heterocycles. The number of benzene rings is 2. The fourth-order valence-electron chi connectivity index (χ4n) is 4.86. The fraction of sp³-hybridized carbons (Fsp3) is 0.273. The Balaban J connectivity index is 1.86. The fourth-order valence-corrected chi connectivity index (χ4v) is 5.03. The molecular weight excluding hydrogens is 388 g/mol. The molecule has 0 saturated heterocycles. The number of anilines is 1. The zero-order valence-electron chi connectivity index (χ0n) is 16.3. The van der Waals surface area contributed by atoms with Crippen LogP contribution in [-0.4, -0.2) is 42.0 Å². The largest absolute Gasteiger partial charge is 0.355 e. The Hall–Kier alpha value is -2.99. The SMILES string of the molecule is CCNC(=O)N1CCc2c([nH]c3ccc(Cl)cc23)[C@]12C(=O)N(C)c1ccccc12. The van der Waals surface area contributed by atoms with Crippen molar-refractivity contribution in [2.45, 2.75) is 18.9 Å². The third kappa shape index (κ3) is 2.23. The number of aromatic amines is 1. The lowest BCUT2D eigenvalue weighted by atomic mass is 9.80. The summed E-state index contributed by atoms with van der Waals surface area (Å²) in [6.07, 6.45) is 0.647. The van der Waals surface area contributed by atoms with Gasteiger partial charge in [0.15, 0.2) is 5.54 Å². The van der Waals surface area contributed by atoms with Crippen molar-refractivity contribution in [3.63, 3.8) is 0 Å². The molecule has 1 spiro atoms. The van der Waals surface area contributed by atoms with Gasteiger partial charge in [0.2, 0.25) is 0 Å². The van der Waals surface area contributed by atoms with Crippen LogP contribution in [0.1, 0.15) is 23.7 Å². The zero-order chi connectivity index (χ0) is 20.3. The van der Waals surface area contributed by atoms with E-state index >= 15 is 0 Å². The monoisotopic (exact) mass is 408 g/mol. The summed E-state index contributed by atoms with van der Waals surface area (Å²) in [5, 5.41) is 4.54. The molecule has 1 atom stereocenters. The molecule has 148 valence electrons. The van der Waals surface area contributed by atoms with Crippen LogP contribution in [0.15, 0.2) is 42.5 Å². The summed E-state index contributed by atoms with van der Waals surface area (Å²) in [7, 11) is 1.76. The number of amides is 3. The van der Waals surface area contributed by atoms with Crippen LogP contribution >= 0.6 is 11.6 Å². The first-order valence-electron chi connectivity index (χ1n) is 9.73. The van der Waals surface area contributed by atoms with Gasteiger partial charge in [-0.2, -0.15) is 0 Å². The van der Waals surface area contributed by atoms with Gasteiger partial charge in [0.25, 0.3) is 5.91 Å². The number of nitrogens with zero attached hydrogens (tertiary/aromatic N) is 2. The number of carbonyl (C=O) groups is 2. The van der Waals surface area contributed by atoms with Crippen LogP contribution in [0.3, 0.4) is 0 Å². The predicted octanol–water partition coefficient (Wildman–Crippen LogP) is 3.63. The Morgan fingerprint density at radius 1 is 1.28 bits per heavy atom. The number of likely N-dealkylation sites (N-methyl/N-ethyl adjacent to an activating group) is 1. The van der Waals surface area contributed by atoms with Crippen LogP contribution in [0.2, 0.25) is 5.02 Å². The highest BCUT2D eigenvalue weighted by Gasteiger charge is 2.60. The lowest BCUT2D eigenvalue weighted by Crippen LogP contribution is -2.61. The summed E-state index contributed by atoms with van der Waals surface area (Å²) in [5.74, 6) is -0.136. The van der Waals surface area contributed by atoms with Gasteiger partial charge in [-0.15, -0.1) is 0 Å². The quantitative estimate of drug-likeness (QED) is 0.645.